The predicted octanol–water partition coefficient (Wildman–Crippen LogP) is 2.77. The highest BCUT2D eigenvalue weighted by molar-refractivity contribution is 5.85. The van der Waals surface area contributed by atoms with E-state index >= 15 is 0 Å². The van der Waals surface area contributed by atoms with Crippen LogP contribution in [0.4, 0.5) is 0 Å². The maximum Gasteiger partial charge on any atom is 0.212 e. The molecule has 1 unspecified atom stereocenters. The number of aromatic hydroxyl groups is 1. The molecule has 6 heteroatoms. The van der Waals surface area contributed by atoms with E-state index in [2.05, 4.69) is 14.9 Å². The van der Waals surface area contributed by atoms with Crippen molar-refractivity contribution in [3.63, 3.8) is 0 Å². The van der Waals surface area contributed by atoms with Gasteiger partial charge in [0.2, 0.25) is 5.88 Å². The monoisotopic (exact) mass is 351 g/mol. The molecule has 1 aromatic carbocycles. The summed E-state index contributed by atoms with van der Waals surface area (Å²) in [6.45, 7) is 2.92. The van der Waals surface area contributed by atoms with Gasteiger partial charge < -0.3 is 14.6 Å². The molecular weight excluding hydrogens is 330 g/mol. The highest BCUT2D eigenvalue weighted by atomic mass is 16.5. The van der Waals surface area contributed by atoms with E-state index in [1.807, 2.05) is 36.4 Å². The molecule has 0 saturated carbocycles. The van der Waals surface area contributed by atoms with Gasteiger partial charge in [-0.2, -0.15) is 0 Å². The molecule has 0 aliphatic carbocycles. The van der Waals surface area contributed by atoms with Gasteiger partial charge in [0.25, 0.3) is 0 Å². The Morgan fingerprint density at radius 3 is 2.69 bits per heavy atom. The Kier molecular flexibility index (Phi) is 4.69. The number of methoxy groups -OCH3 is 1. The fraction of sp³-hybridized carbons (Fsp3) is 0.300. The third-order valence-corrected chi connectivity index (χ3v) is 4.77. The van der Waals surface area contributed by atoms with Gasteiger partial charge in [-0.05, 0) is 11.6 Å². The smallest absolute Gasteiger partial charge is 0.212 e. The Bertz CT molecular complexity index is 892. The second kappa shape index (κ2) is 7.27. The zero-order chi connectivity index (χ0) is 17.9. The lowest BCUT2D eigenvalue weighted by Crippen LogP contribution is -2.39. The highest BCUT2D eigenvalue weighted by Crippen LogP contribution is 2.38. The summed E-state index contributed by atoms with van der Waals surface area (Å²) in [5.74, 6) is 0.786. The number of benzene rings is 1. The summed E-state index contributed by atoms with van der Waals surface area (Å²) in [6, 6.07) is 11.5. The van der Waals surface area contributed by atoms with E-state index in [4.69, 9.17) is 9.47 Å². The molecule has 2 aromatic heterocycles. The number of rotatable bonds is 4. The first-order valence-electron chi connectivity index (χ1n) is 8.66. The van der Waals surface area contributed by atoms with Crippen molar-refractivity contribution in [3.8, 4) is 11.6 Å². The summed E-state index contributed by atoms with van der Waals surface area (Å²) in [5, 5.41) is 11.9. The van der Waals surface area contributed by atoms with Crippen molar-refractivity contribution >= 4 is 10.9 Å². The molecule has 1 fully saturated rings. The number of ether oxygens (including phenoxy) is 2. The molecule has 0 spiro atoms. The summed E-state index contributed by atoms with van der Waals surface area (Å²) in [4.78, 5) is 11.0. The van der Waals surface area contributed by atoms with Gasteiger partial charge in [0, 0.05) is 42.5 Å². The van der Waals surface area contributed by atoms with Crippen LogP contribution in [-0.2, 0) is 4.74 Å². The minimum Gasteiger partial charge on any atom is -0.505 e. The average Bonchev–Trinajstić information content (AvgIpc) is 2.71. The molecular formula is C20H21N3O3. The van der Waals surface area contributed by atoms with Gasteiger partial charge in [-0.3, -0.25) is 9.88 Å². The molecule has 3 heterocycles. The first-order valence-corrected chi connectivity index (χ1v) is 8.66. The lowest BCUT2D eigenvalue weighted by molar-refractivity contribution is 0.0235. The summed E-state index contributed by atoms with van der Waals surface area (Å²) >= 11 is 0. The van der Waals surface area contributed by atoms with Gasteiger partial charge in [0.05, 0.1) is 26.4 Å². The molecule has 1 aliphatic heterocycles. The predicted molar refractivity (Wildman–Crippen MR) is 98.4 cm³/mol. The second-order valence-corrected chi connectivity index (χ2v) is 6.26. The maximum atomic E-state index is 10.9. The Morgan fingerprint density at radius 1 is 1.12 bits per heavy atom. The molecule has 1 aliphatic rings. The van der Waals surface area contributed by atoms with E-state index in [0.717, 1.165) is 29.6 Å². The molecule has 1 N–H and O–H groups in total. The lowest BCUT2D eigenvalue weighted by atomic mass is 9.95. The number of hydrogen-bond donors (Lipinski definition) is 1. The van der Waals surface area contributed by atoms with Crippen LogP contribution in [-0.4, -0.2) is 53.4 Å². The van der Waals surface area contributed by atoms with Gasteiger partial charge in [-0.1, -0.05) is 24.3 Å². The molecule has 26 heavy (non-hydrogen) atoms. The minimum absolute atomic E-state index is 0.122. The quantitative estimate of drug-likeness (QED) is 0.780. The van der Waals surface area contributed by atoms with Crippen LogP contribution in [0.5, 0.6) is 11.6 Å². The molecule has 134 valence electrons. The first-order chi connectivity index (χ1) is 12.8. The van der Waals surface area contributed by atoms with Gasteiger partial charge in [-0.25, -0.2) is 4.98 Å². The Balaban J connectivity index is 1.82. The van der Waals surface area contributed by atoms with E-state index < -0.39 is 0 Å². The Labute approximate surface area is 152 Å². The van der Waals surface area contributed by atoms with Crippen LogP contribution in [0.25, 0.3) is 10.9 Å². The van der Waals surface area contributed by atoms with Crippen molar-refractivity contribution in [2.75, 3.05) is 33.4 Å². The molecule has 6 nitrogen and oxygen atoms in total. The number of phenolic OH excluding ortho intramolecular Hbond substituents is 1. The van der Waals surface area contributed by atoms with Gasteiger partial charge in [-0.15, -0.1) is 0 Å². The molecule has 1 saturated heterocycles. The van der Waals surface area contributed by atoms with Crippen molar-refractivity contribution in [1.29, 1.82) is 0 Å². The van der Waals surface area contributed by atoms with Crippen LogP contribution < -0.4 is 4.74 Å². The Morgan fingerprint density at radius 2 is 1.96 bits per heavy atom. The van der Waals surface area contributed by atoms with Crippen molar-refractivity contribution in [2.24, 2.45) is 0 Å². The number of aromatic nitrogens is 2. The average molecular weight is 351 g/mol. The third kappa shape index (κ3) is 3.09. The number of nitrogens with zero attached hydrogens (tertiary/aromatic N) is 3. The van der Waals surface area contributed by atoms with Gasteiger partial charge in [0.1, 0.15) is 11.3 Å². The van der Waals surface area contributed by atoms with Crippen LogP contribution in [0.2, 0.25) is 0 Å². The minimum atomic E-state index is -0.122. The summed E-state index contributed by atoms with van der Waals surface area (Å²) in [5.41, 5.74) is 2.44. The van der Waals surface area contributed by atoms with Crippen LogP contribution in [0.15, 0.2) is 48.8 Å². The van der Waals surface area contributed by atoms with E-state index in [-0.39, 0.29) is 11.8 Å². The fourth-order valence-electron chi connectivity index (χ4n) is 3.46. The van der Waals surface area contributed by atoms with Gasteiger partial charge >= 0.3 is 0 Å². The zero-order valence-corrected chi connectivity index (χ0v) is 14.6. The van der Waals surface area contributed by atoms with Crippen molar-refractivity contribution in [1.82, 2.24) is 14.9 Å². The summed E-state index contributed by atoms with van der Waals surface area (Å²) in [7, 11) is 1.60. The largest absolute Gasteiger partial charge is 0.505 e. The Hall–Kier alpha value is -2.70. The van der Waals surface area contributed by atoms with Crippen LogP contribution in [0, 0.1) is 0 Å². The summed E-state index contributed by atoms with van der Waals surface area (Å²) < 4.78 is 10.7. The number of hydrogen-bond acceptors (Lipinski definition) is 6. The molecule has 1 atom stereocenters. The molecule has 0 bridgehead atoms. The van der Waals surface area contributed by atoms with Gasteiger partial charge in [0.15, 0.2) is 0 Å². The lowest BCUT2D eigenvalue weighted by Gasteiger charge is -2.35. The van der Waals surface area contributed by atoms with Crippen molar-refractivity contribution in [3.05, 3.63) is 59.9 Å². The van der Waals surface area contributed by atoms with E-state index in [1.54, 1.807) is 19.5 Å². The maximum absolute atomic E-state index is 10.9. The number of fused-ring (bicyclic) bond motifs is 1. The standard InChI is InChI=1S/C20H21N3O3/c1-25-17-7-5-15(13-22-17)19(23-9-11-26-12-10-23)16-6-4-14-3-2-8-21-18(14)20(16)24/h2-8,13,19,24H,9-12H2,1H3. The topological polar surface area (TPSA) is 67.7 Å². The molecule has 4 rings (SSSR count). The van der Waals surface area contributed by atoms with E-state index in [0.29, 0.717) is 24.6 Å². The number of phenols is 1. The normalized spacial score (nSPS) is 16.5. The molecule has 3 aromatic rings. The van der Waals surface area contributed by atoms with E-state index in [1.165, 1.54) is 0 Å². The van der Waals surface area contributed by atoms with Crippen LogP contribution >= 0.6 is 0 Å². The molecule has 0 radical (unpaired) electrons. The first kappa shape index (κ1) is 16.8. The summed E-state index contributed by atoms with van der Waals surface area (Å²) in [6.07, 6.45) is 3.51. The van der Waals surface area contributed by atoms with Crippen LogP contribution in [0.1, 0.15) is 17.2 Å². The SMILES string of the molecule is COc1ccc(C(c2ccc3cccnc3c2O)N2CCOCC2)cn1. The third-order valence-electron chi connectivity index (χ3n) is 4.77. The fourth-order valence-corrected chi connectivity index (χ4v) is 3.46. The highest BCUT2D eigenvalue weighted by Gasteiger charge is 2.27. The van der Waals surface area contributed by atoms with Crippen molar-refractivity contribution < 1.29 is 14.6 Å². The van der Waals surface area contributed by atoms with Crippen molar-refractivity contribution in [2.45, 2.75) is 6.04 Å². The number of morpholine rings is 1. The molecule has 0 amide bonds. The van der Waals surface area contributed by atoms with Crippen LogP contribution in [0.3, 0.4) is 0 Å². The number of pyridine rings is 2. The second-order valence-electron chi connectivity index (χ2n) is 6.26. The van der Waals surface area contributed by atoms with E-state index in [9.17, 15) is 5.11 Å². The zero-order valence-electron chi connectivity index (χ0n) is 14.6.